The second kappa shape index (κ2) is 4.54. The number of phenols is 1. The van der Waals surface area contributed by atoms with Crippen LogP contribution in [0.3, 0.4) is 0 Å². The number of hydrogen-bond donors (Lipinski definition) is 1. The van der Waals surface area contributed by atoms with Gasteiger partial charge >= 0.3 is 0 Å². The first-order chi connectivity index (χ1) is 7.00. The summed E-state index contributed by atoms with van der Waals surface area (Å²) in [5, 5.41) is 19.4. The molecule has 0 spiro atoms. The van der Waals surface area contributed by atoms with Gasteiger partial charge in [-0.3, -0.25) is 14.9 Å². The van der Waals surface area contributed by atoms with Crippen LogP contribution in [0, 0.1) is 10.1 Å². The molecule has 0 radical (unpaired) electrons. The van der Waals surface area contributed by atoms with Gasteiger partial charge < -0.3 is 5.11 Å². The van der Waals surface area contributed by atoms with Gasteiger partial charge in [-0.25, -0.2) is 0 Å². The average Bonchev–Trinajstić information content (AvgIpc) is 2.15. The van der Waals surface area contributed by atoms with Gasteiger partial charge in [0.15, 0.2) is 0 Å². The zero-order valence-electron chi connectivity index (χ0n) is 8.21. The van der Waals surface area contributed by atoms with Crippen LogP contribution in [-0.2, 0) is 4.79 Å². The number of carbonyl (C=O) groups is 1. The van der Waals surface area contributed by atoms with Crippen LogP contribution in [-0.4, -0.2) is 22.4 Å². The van der Waals surface area contributed by atoms with E-state index >= 15 is 0 Å². The van der Waals surface area contributed by atoms with Crippen molar-refractivity contribution in [3.8, 4) is 5.75 Å². The molecule has 0 aliphatic carbocycles. The van der Waals surface area contributed by atoms with Gasteiger partial charge in [-0.15, -0.1) is 0 Å². The molecule has 0 aliphatic rings. The molecule has 1 aromatic rings. The highest BCUT2D eigenvalue weighted by Crippen LogP contribution is 2.19. The largest absolute Gasteiger partial charge is 0.508 e. The van der Waals surface area contributed by atoms with Crippen molar-refractivity contribution in [2.24, 2.45) is 0 Å². The highest BCUT2D eigenvalue weighted by molar-refractivity contribution is 5.83. The van der Waals surface area contributed by atoms with E-state index in [1.165, 1.54) is 31.2 Å². The number of benzene rings is 1. The van der Waals surface area contributed by atoms with Crippen LogP contribution in [0.1, 0.15) is 18.4 Å². The highest BCUT2D eigenvalue weighted by Gasteiger charge is 2.22. The zero-order chi connectivity index (χ0) is 11.4. The Hall–Kier alpha value is -1.91. The van der Waals surface area contributed by atoms with Crippen LogP contribution >= 0.6 is 0 Å². The molecule has 0 amide bonds. The number of hydrogen-bond acceptors (Lipinski definition) is 4. The number of phenolic OH excluding ortho intramolecular Hbond substituents is 1. The maximum Gasteiger partial charge on any atom is 0.217 e. The average molecular weight is 209 g/mol. The number of carbonyl (C=O) groups excluding carboxylic acids is 1. The second-order valence-electron chi connectivity index (χ2n) is 3.27. The van der Waals surface area contributed by atoms with Crippen molar-refractivity contribution in [1.82, 2.24) is 0 Å². The standard InChI is InChI=1S/C10H11NO4/c1-7(12)10(6-11(14)15)8-2-4-9(13)5-3-8/h2-5,10,13H,6H2,1H3. The van der Waals surface area contributed by atoms with Crippen molar-refractivity contribution in [1.29, 1.82) is 0 Å². The maximum atomic E-state index is 11.2. The molecule has 0 fully saturated rings. The lowest BCUT2D eigenvalue weighted by atomic mass is 9.95. The predicted molar refractivity (Wildman–Crippen MR) is 53.4 cm³/mol. The first-order valence-electron chi connectivity index (χ1n) is 4.42. The van der Waals surface area contributed by atoms with Crippen LogP contribution in [0.4, 0.5) is 0 Å². The topological polar surface area (TPSA) is 80.4 Å². The van der Waals surface area contributed by atoms with Gasteiger partial charge in [0.1, 0.15) is 17.5 Å². The lowest BCUT2D eigenvalue weighted by Crippen LogP contribution is -2.19. The quantitative estimate of drug-likeness (QED) is 0.599. The molecule has 1 unspecified atom stereocenters. The van der Waals surface area contributed by atoms with Gasteiger partial charge in [0.05, 0.1) is 0 Å². The summed E-state index contributed by atoms with van der Waals surface area (Å²) in [5.41, 5.74) is 0.553. The van der Waals surface area contributed by atoms with Crippen molar-refractivity contribution in [2.75, 3.05) is 6.54 Å². The summed E-state index contributed by atoms with van der Waals surface area (Å²) < 4.78 is 0. The smallest absolute Gasteiger partial charge is 0.217 e. The summed E-state index contributed by atoms with van der Waals surface area (Å²) in [5.74, 6) is -0.917. The summed E-state index contributed by atoms with van der Waals surface area (Å²) in [6.45, 7) is 0.904. The number of rotatable bonds is 4. The van der Waals surface area contributed by atoms with Crippen LogP contribution in [0.15, 0.2) is 24.3 Å². The normalized spacial score (nSPS) is 12.1. The molecule has 0 heterocycles. The van der Waals surface area contributed by atoms with Gasteiger partial charge in [-0.05, 0) is 24.6 Å². The van der Waals surface area contributed by atoms with Crippen molar-refractivity contribution in [3.05, 3.63) is 39.9 Å². The Morgan fingerprint density at radius 2 is 2.00 bits per heavy atom. The summed E-state index contributed by atoms with van der Waals surface area (Å²) in [6.07, 6.45) is 0. The molecule has 0 aliphatic heterocycles. The third-order valence-electron chi connectivity index (χ3n) is 2.12. The minimum Gasteiger partial charge on any atom is -0.508 e. The lowest BCUT2D eigenvalue weighted by Gasteiger charge is -2.09. The fraction of sp³-hybridized carbons (Fsp3) is 0.300. The van der Waals surface area contributed by atoms with E-state index in [0.717, 1.165) is 0 Å². The van der Waals surface area contributed by atoms with E-state index in [-0.39, 0.29) is 11.5 Å². The van der Waals surface area contributed by atoms with Crippen molar-refractivity contribution < 1.29 is 14.8 Å². The first kappa shape index (κ1) is 11.2. The molecule has 5 heteroatoms. The van der Waals surface area contributed by atoms with Crippen molar-refractivity contribution >= 4 is 5.78 Å². The molecule has 1 rings (SSSR count). The van der Waals surface area contributed by atoms with Crippen LogP contribution in [0.2, 0.25) is 0 Å². The van der Waals surface area contributed by atoms with E-state index in [0.29, 0.717) is 5.56 Å². The Bertz CT molecular complexity index is 372. The number of aromatic hydroxyl groups is 1. The molecule has 1 atom stereocenters. The number of Topliss-reactive ketones (excluding diaryl/α,β-unsaturated/α-hetero) is 1. The summed E-state index contributed by atoms with van der Waals surface area (Å²) >= 11 is 0. The second-order valence-corrected chi connectivity index (χ2v) is 3.27. The van der Waals surface area contributed by atoms with Gasteiger partial charge in [0, 0.05) is 4.92 Å². The predicted octanol–water partition coefficient (Wildman–Crippen LogP) is 1.34. The van der Waals surface area contributed by atoms with Crippen LogP contribution < -0.4 is 0 Å². The maximum absolute atomic E-state index is 11.2. The highest BCUT2D eigenvalue weighted by atomic mass is 16.6. The number of nitrogens with zero attached hydrogens (tertiary/aromatic N) is 1. The molecule has 0 bridgehead atoms. The van der Waals surface area contributed by atoms with Gasteiger partial charge in [0.2, 0.25) is 6.54 Å². The first-order valence-corrected chi connectivity index (χ1v) is 4.42. The van der Waals surface area contributed by atoms with Crippen LogP contribution in [0.25, 0.3) is 0 Å². The lowest BCUT2D eigenvalue weighted by molar-refractivity contribution is -0.481. The van der Waals surface area contributed by atoms with E-state index in [2.05, 4.69) is 0 Å². The van der Waals surface area contributed by atoms with Gasteiger partial charge in [0.25, 0.3) is 0 Å². The van der Waals surface area contributed by atoms with E-state index in [4.69, 9.17) is 5.11 Å². The molecule has 0 aromatic heterocycles. The monoisotopic (exact) mass is 209 g/mol. The minimum atomic E-state index is -0.736. The molecule has 0 saturated carbocycles. The van der Waals surface area contributed by atoms with Crippen molar-refractivity contribution in [2.45, 2.75) is 12.8 Å². The van der Waals surface area contributed by atoms with Gasteiger partial charge in [-0.2, -0.15) is 0 Å². The van der Waals surface area contributed by atoms with Crippen molar-refractivity contribution in [3.63, 3.8) is 0 Å². The van der Waals surface area contributed by atoms with Crippen LogP contribution in [0.5, 0.6) is 5.75 Å². The molecule has 80 valence electrons. The summed E-state index contributed by atoms with van der Waals surface area (Å²) in [4.78, 5) is 21.0. The molecule has 1 aromatic carbocycles. The Morgan fingerprint density at radius 3 is 2.40 bits per heavy atom. The summed E-state index contributed by atoms with van der Waals surface area (Å²) in [6, 6.07) is 5.85. The van der Waals surface area contributed by atoms with Gasteiger partial charge in [-0.1, -0.05) is 12.1 Å². The fourth-order valence-corrected chi connectivity index (χ4v) is 1.32. The molecule has 5 nitrogen and oxygen atoms in total. The van der Waals surface area contributed by atoms with E-state index in [1.807, 2.05) is 0 Å². The Kier molecular flexibility index (Phi) is 3.38. The third-order valence-corrected chi connectivity index (χ3v) is 2.12. The zero-order valence-corrected chi connectivity index (χ0v) is 8.21. The molecule has 0 saturated heterocycles. The third kappa shape index (κ3) is 3.05. The molecule has 1 N–H and O–H groups in total. The molecular formula is C10H11NO4. The Morgan fingerprint density at radius 1 is 1.47 bits per heavy atom. The Balaban J connectivity index is 2.94. The molecular weight excluding hydrogens is 198 g/mol. The van der Waals surface area contributed by atoms with E-state index in [1.54, 1.807) is 0 Å². The SMILES string of the molecule is CC(=O)C(C[N+](=O)[O-])c1ccc(O)cc1. The Labute approximate surface area is 86.5 Å². The van der Waals surface area contributed by atoms with E-state index in [9.17, 15) is 14.9 Å². The minimum absolute atomic E-state index is 0.0714. The summed E-state index contributed by atoms with van der Waals surface area (Å²) in [7, 11) is 0. The molecule has 15 heavy (non-hydrogen) atoms. The van der Waals surface area contributed by atoms with E-state index < -0.39 is 17.4 Å². The number of ketones is 1. The number of nitro groups is 1. The fourth-order valence-electron chi connectivity index (χ4n) is 1.32.